The number of ether oxygens (including phenoxy) is 2. The first-order valence-electron chi connectivity index (χ1n) is 14.1. The summed E-state index contributed by atoms with van der Waals surface area (Å²) in [7, 11) is 0. The van der Waals surface area contributed by atoms with Crippen molar-refractivity contribution in [3.8, 4) is 23.0 Å². The molecule has 42 heavy (non-hydrogen) atoms. The Bertz CT molecular complexity index is 1570. The number of hydrogen-bond donors (Lipinski definition) is 2. The zero-order valence-corrected chi connectivity index (χ0v) is 23.1. The Morgan fingerprint density at radius 1 is 0.571 bits per heavy atom. The molecule has 0 heterocycles. The first kappa shape index (κ1) is 27.3. The molecule has 1 aliphatic carbocycles. The Labute approximate surface area is 244 Å². The highest BCUT2D eigenvalue weighted by Crippen LogP contribution is 2.49. The summed E-state index contributed by atoms with van der Waals surface area (Å²) in [5, 5.41) is 0. The SMILES string of the molecule is Nc1ccc(Oc2ccc(C3(c4ccc(Oc5ccc(N)cc5F)cc4)CCC(c4ccccc4)CC3)cc2)c(F)c1. The lowest BCUT2D eigenvalue weighted by atomic mass is 9.62. The van der Waals surface area contributed by atoms with E-state index in [1.807, 2.05) is 24.3 Å². The molecule has 0 saturated heterocycles. The van der Waals surface area contributed by atoms with Crippen molar-refractivity contribution in [2.45, 2.75) is 37.0 Å². The van der Waals surface area contributed by atoms with Gasteiger partial charge in [-0.3, -0.25) is 0 Å². The summed E-state index contributed by atoms with van der Waals surface area (Å²) < 4.78 is 40.3. The van der Waals surface area contributed by atoms with E-state index < -0.39 is 11.6 Å². The molecule has 1 fully saturated rings. The van der Waals surface area contributed by atoms with Gasteiger partial charge in [0.05, 0.1) is 0 Å². The normalized spacial score (nSPS) is 14.8. The van der Waals surface area contributed by atoms with E-state index in [9.17, 15) is 8.78 Å². The number of anilines is 2. The predicted octanol–water partition coefficient (Wildman–Crippen LogP) is 9.36. The maximum Gasteiger partial charge on any atom is 0.167 e. The molecule has 5 aromatic carbocycles. The van der Waals surface area contributed by atoms with E-state index in [4.69, 9.17) is 20.9 Å². The van der Waals surface area contributed by atoms with Gasteiger partial charge in [-0.1, -0.05) is 54.6 Å². The lowest BCUT2D eigenvalue weighted by molar-refractivity contribution is 0.314. The molecule has 0 atom stereocenters. The molecule has 6 heteroatoms. The van der Waals surface area contributed by atoms with Gasteiger partial charge in [-0.05, 0) is 96.8 Å². The van der Waals surface area contributed by atoms with Crippen LogP contribution in [0.2, 0.25) is 0 Å². The van der Waals surface area contributed by atoms with Crippen molar-refractivity contribution in [1.82, 2.24) is 0 Å². The monoisotopic (exact) mass is 562 g/mol. The molecule has 0 spiro atoms. The second-order valence-electron chi connectivity index (χ2n) is 10.9. The molecule has 0 unspecified atom stereocenters. The number of nitrogens with two attached hydrogens (primary N) is 2. The average Bonchev–Trinajstić information content (AvgIpc) is 3.01. The van der Waals surface area contributed by atoms with Crippen molar-refractivity contribution in [1.29, 1.82) is 0 Å². The van der Waals surface area contributed by atoms with Gasteiger partial charge < -0.3 is 20.9 Å². The van der Waals surface area contributed by atoms with Crippen molar-refractivity contribution < 1.29 is 18.3 Å². The van der Waals surface area contributed by atoms with Crippen LogP contribution in [0.5, 0.6) is 23.0 Å². The van der Waals surface area contributed by atoms with Crippen molar-refractivity contribution in [2.24, 2.45) is 0 Å². The molecule has 212 valence electrons. The van der Waals surface area contributed by atoms with Gasteiger partial charge in [-0.25, -0.2) is 8.78 Å². The summed E-state index contributed by atoms with van der Waals surface area (Å²) in [5.41, 5.74) is 15.5. The smallest absolute Gasteiger partial charge is 0.167 e. The summed E-state index contributed by atoms with van der Waals surface area (Å²) in [4.78, 5) is 0. The quantitative estimate of drug-likeness (QED) is 0.194. The van der Waals surface area contributed by atoms with E-state index in [-0.39, 0.29) is 16.9 Å². The third-order valence-corrected chi connectivity index (χ3v) is 8.29. The van der Waals surface area contributed by atoms with Gasteiger partial charge in [-0.15, -0.1) is 0 Å². The van der Waals surface area contributed by atoms with E-state index >= 15 is 0 Å². The second-order valence-corrected chi connectivity index (χ2v) is 10.9. The molecule has 4 N–H and O–H groups in total. The van der Waals surface area contributed by atoms with E-state index in [1.165, 1.54) is 29.8 Å². The Balaban J connectivity index is 1.28. The number of nitrogen functional groups attached to an aromatic ring is 2. The van der Waals surface area contributed by atoms with Crippen molar-refractivity contribution in [2.75, 3.05) is 11.5 Å². The number of benzene rings is 5. The van der Waals surface area contributed by atoms with E-state index in [0.717, 1.165) is 36.8 Å². The molecule has 4 nitrogen and oxygen atoms in total. The Morgan fingerprint density at radius 2 is 1.02 bits per heavy atom. The summed E-state index contributed by atoms with van der Waals surface area (Å²) in [5.74, 6) is 0.833. The topological polar surface area (TPSA) is 70.5 Å². The fraction of sp³-hybridized carbons (Fsp3) is 0.167. The maximum absolute atomic E-state index is 14.3. The molecule has 1 saturated carbocycles. The average molecular weight is 563 g/mol. The largest absolute Gasteiger partial charge is 0.454 e. The Kier molecular flexibility index (Phi) is 7.53. The first-order valence-corrected chi connectivity index (χ1v) is 14.1. The summed E-state index contributed by atoms with van der Waals surface area (Å²) in [6.45, 7) is 0. The predicted molar refractivity (Wildman–Crippen MR) is 163 cm³/mol. The standard InChI is InChI=1S/C36H32F2N2O2/c37-32-22-28(39)10-16-34(32)41-30-12-6-26(7-13-30)36(20-18-25(19-21-36)24-4-2-1-3-5-24)27-8-14-31(15-9-27)42-35-17-11-29(40)23-33(35)38/h1-17,22-23,25H,18-21,39-40H2. The molecule has 0 aromatic heterocycles. The lowest BCUT2D eigenvalue weighted by Gasteiger charge is -2.41. The molecule has 1 aliphatic rings. The van der Waals surface area contributed by atoms with Gasteiger partial charge in [0.15, 0.2) is 23.1 Å². The zero-order valence-electron chi connectivity index (χ0n) is 23.1. The molecule has 0 radical (unpaired) electrons. The number of halogens is 2. The third-order valence-electron chi connectivity index (χ3n) is 8.29. The van der Waals surface area contributed by atoms with Crippen LogP contribution in [-0.4, -0.2) is 0 Å². The van der Waals surface area contributed by atoms with E-state index in [0.29, 0.717) is 28.8 Å². The van der Waals surface area contributed by atoms with Gasteiger partial charge in [0.1, 0.15) is 11.5 Å². The van der Waals surface area contributed by atoms with Gasteiger partial charge in [0.25, 0.3) is 0 Å². The van der Waals surface area contributed by atoms with Crippen LogP contribution >= 0.6 is 0 Å². The van der Waals surface area contributed by atoms with Gasteiger partial charge in [-0.2, -0.15) is 0 Å². The van der Waals surface area contributed by atoms with Crippen molar-refractivity contribution in [3.63, 3.8) is 0 Å². The number of hydrogen-bond acceptors (Lipinski definition) is 4. The molecular weight excluding hydrogens is 530 g/mol. The molecule has 5 aromatic rings. The minimum atomic E-state index is -0.504. The van der Waals surface area contributed by atoms with E-state index in [2.05, 4.69) is 54.6 Å². The van der Waals surface area contributed by atoms with Gasteiger partial charge >= 0.3 is 0 Å². The summed E-state index contributed by atoms with van der Waals surface area (Å²) in [6.07, 6.45) is 3.97. The maximum atomic E-state index is 14.3. The summed E-state index contributed by atoms with van der Waals surface area (Å²) >= 11 is 0. The van der Waals surface area contributed by atoms with Gasteiger partial charge in [0.2, 0.25) is 0 Å². The van der Waals surface area contributed by atoms with Gasteiger partial charge in [0, 0.05) is 28.9 Å². The Hall–Kier alpha value is -4.84. The van der Waals surface area contributed by atoms with Crippen molar-refractivity contribution >= 4 is 11.4 Å². The number of rotatable bonds is 7. The van der Waals surface area contributed by atoms with Crippen LogP contribution in [0.1, 0.15) is 48.3 Å². The van der Waals surface area contributed by atoms with Crippen LogP contribution in [0.4, 0.5) is 20.2 Å². The van der Waals surface area contributed by atoms with E-state index in [1.54, 1.807) is 12.1 Å². The molecular formula is C36H32F2N2O2. The fourth-order valence-corrected chi connectivity index (χ4v) is 6.05. The highest BCUT2D eigenvalue weighted by Gasteiger charge is 2.39. The van der Waals surface area contributed by atoms with Crippen LogP contribution in [0.25, 0.3) is 0 Å². The van der Waals surface area contributed by atoms with Crippen LogP contribution < -0.4 is 20.9 Å². The first-order chi connectivity index (χ1) is 20.4. The molecule has 0 aliphatic heterocycles. The lowest BCUT2D eigenvalue weighted by Crippen LogP contribution is -2.32. The molecule has 0 amide bonds. The fourth-order valence-electron chi connectivity index (χ4n) is 6.05. The molecule has 0 bridgehead atoms. The summed E-state index contributed by atoms with van der Waals surface area (Å²) in [6, 6.07) is 35.3. The molecule has 6 rings (SSSR count). The highest BCUT2D eigenvalue weighted by molar-refractivity contribution is 5.48. The Morgan fingerprint density at radius 3 is 1.45 bits per heavy atom. The van der Waals surface area contributed by atoms with Crippen LogP contribution in [-0.2, 0) is 5.41 Å². The van der Waals surface area contributed by atoms with Crippen molar-refractivity contribution in [3.05, 3.63) is 144 Å². The second kappa shape index (κ2) is 11.6. The minimum absolute atomic E-state index is 0.128. The van der Waals surface area contributed by atoms with Crippen LogP contribution in [0.3, 0.4) is 0 Å². The minimum Gasteiger partial charge on any atom is -0.454 e. The highest BCUT2D eigenvalue weighted by atomic mass is 19.1. The third kappa shape index (κ3) is 5.66. The zero-order chi connectivity index (χ0) is 29.1. The van der Waals surface area contributed by atoms with Crippen LogP contribution in [0, 0.1) is 11.6 Å². The van der Waals surface area contributed by atoms with Crippen LogP contribution in [0.15, 0.2) is 115 Å².